The Morgan fingerprint density at radius 2 is 2.00 bits per heavy atom. The lowest BCUT2D eigenvalue weighted by atomic mass is 10.1. The van der Waals surface area contributed by atoms with Crippen LogP contribution in [0.2, 0.25) is 0 Å². The maximum Gasteiger partial charge on any atom is 0.0845 e. The Bertz CT molecular complexity index is 295. The van der Waals surface area contributed by atoms with Gasteiger partial charge in [0.2, 0.25) is 0 Å². The molecule has 0 aliphatic rings. The van der Waals surface area contributed by atoms with Crippen LogP contribution in [0.3, 0.4) is 0 Å². The van der Waals surface area contributed by atoms with Gasteiger partial charge in [0, 0.05) is 6.04 Å². The zero-order chi connectivity index (χ0) is 9.68. The van der Waals surface area contributed by atoms with Crippen molar-refractivity contribution < 1.29 is 0 Å². The van der Waals surface area contributed by atoms with Gasteiger partial charge in [0.05, 0.1) is 12.6 Å². The maximum absolute atomic E-state index is 8.39. The Labute approximate surface area is 79.2 Å². The third-order valence-corrected chi connectivity index (χ3v) is 2.06. The fourth-order valence-electron chi connectivity index (χ4n) is 1.17. The van der Waals surface area contributed by atoms with Gasteiger partial charge in [-0.2, -0.15) is 5.26 Å². The van der Waals surface area contributed by atoms with Crippen molar-refractivity contribution in [1.82, 2.24) is 5.32 Å². The lowest BCUT2D eigenvalue weighted by Crippen LogP contribution is -2.18. The number of nitrogens with zero attached hydrogens (tertiary/aromatic N) is 1. The van der Waals surface area contributed by atoms with E-state index in [0.29, 0.717) is 6.54 Å². The molecule has 1 aromatic carbocycles. The number of nitriles is 1. The second kappa shape index (κ2) is 4.64. The molecule has 0 saturated carbocycles. The highest BCUT2D eigenvalue weighted by Crippen LogP contribution is 2.12. The molecule has 0 spiro atoms. The van der Waals surface area contributed by atoms with Gasteiger partial charge < -0.3 is 0 Å². The first kappa shape index (κ1) is 9.76. The molecule has 1 atom stereocenters. The largest absolute Gasteiger partial charge is 0.298 e. The van der Waals surface area contributed by atoms with E-state index in [1.54, 1.807) is 0 Å². The van der Waals surface area contributed by atoms with Gasteiger partial charge in [-0.3, -0.25) is 5.32 Å². The van der Waals surface area contributed by atoms with Gasteiger partial charge in [0.25, 0.3) is 0 Å². The Hall–Kier alpha value is -1.33. The zero-order valence-corrected chi connectivity index (χ0v) is 8.04. The van der Waals surface area contributed by atoms with Crippen molar-refractivity contribution >= 4 is 0 Å². The Kier molecular flexibility index (Phi) is 3.48. The molecular formula is C11H14N2. The van der Waals surface area contributed by atoms with Gasteiger partial charge in [0.15, 0.2) is 0 Å². The van der Waals surface area contributed by atoms with Gasteiger partial charge in [-0.05, 0) is 19.4 Å². The highest BCUT2D eigenvalue weighted by atomic mass is 14.9. The fourth-order valence-corrected chi connectivity index (χ4v) is 1.17. The normalized spacial score (nSPS) is 12.1. The summed E-state index contributed by atoms with van der Waals surface area (Å²) in [7, 11) is 0. The van der Waals surface area contributed by atoms with E-state index in [0.717, 1.165) is 0 Å². The molecule has 0 amide bonds. The SMILES string of the molecule is Cc1ccc([C@@H](C)NCC#N)cc1. The number of nitrogens with one attached hydrogen (secondary N) is 1. The zero-order valence-electron chi connectivity index (χ0n) is 8.04. The first-order valence-electron chi connectivity index (χ1n) is 4.41. The average Bonchev–Trinajstić information content (AvgIpc) is 2.15. The molecule has 0 heterocycles. The minimum Gasteiger partial charge on any atom is -0.298 e. The molecule has 13 heavy (non-hydrogen) atoms. The van der Waals surface area contributed by atoms with E-state index in [1.165, 1.54) is 11.1 Å². The number of hydrogen-bond acceptors (Lipinski definition) is 2. The molecule has 0 aliphatic heterocycles. The highest BCUT2D eigenvalue weighted by molar-refractivity contribution is 5.23. The smallest absolute Gasteiger partial charge is 0.0845 e. The molecular weight excluding hydrogens is 160 g/mol. The van der Waals surface area contributed by atoms with Crippen molar-refractivity contribution in [3.05, 3.63) is 35.4 Å². The molecule has 0 bridgehead atoms. The van der Waals surface area contributed by atoms with E-state index in [4.69, 9.17) is 5.26 Å². The monoisotopic (exact) mass is 174 g/mol. The summed E-state index contributed by atoms with van der Waals surface area (Å²) in [6.07, 6.45) is 0. The minimum absolute atomic E-state index is 0.250. The van der Waals surface area contributed by atoms with E-state index >= 15 is 0 Å². The van der Waals surface area contributed by atoms with Gasteiger partial charge in [-0.1, -0.05) is 29.8 Å². The lowest BCUT2D eigenvalue weighted by Gasteiger charge is -2.11. The summed E-state index contributed by atoms with van der Waals surface area (Å²) in [6.45, 7) is 4.52. The van der Waals surface area contributed by atoms with Crippen LogP contribution in [0.25, 0.3) is 0 Å². The molecule has 1 rings (SSSR count). The van der Waals surface area contributed by atoms with Crippen molar-refractivity contribution in [2.75, 3.05) is 6.54 Å². The van der Waals surface area contributed by atoms with Crippen LogP contribution < -0.4 is 5.32 Å². The van der Waals surface area contributed by atoms with Crippen molar-refractivity contribution in [1.29, 1.82) is 5.26 Å². The summed E-state index contributed by atoms with van der Waals surface area (Å²) in [5.74, 6) is 0. The number of rotatable bonds is 3. The van der Waals surface area contributed by atoms with Crippen LogP contribution in [-0.4, -0.2) is 6.54 Å². The van der Waals surface area contributed by atoms with Crippen molar-refractivity contribution in [2.24, 2.45) is 0 Å². The summed E-state index contributed by atoms with van der Waals surface area (Å²) in [4.78, 5) is 0. The molecule has 2 nitrogen and oxygen atoms in total. The second-order valence-electron chi connectivity index (χ2n) is 3.17. The molecule has 0 radical (unpaired) electrons. The van der Waals surface area contributed by atoms with E-state index in [2.05, 4.69) is 49.5 Å². The summed E-state index contributed by atoms with van der Waals surface area (Å²) in [5.41, 5.74) is 2.48. The highest BCUT2D eigenvalue weighted by Gasteiger charge is 2.02. The maximum atomic E-state index is 8.39. The van der Waals surface area contributed by atoms with Gasteiger partial charge in [-0.15, -0.1) is 0 Å². The molecule has 1 aromatic rings. The van der Waals surface area contributed by atoms with E-state index in [9.17, 15) is 0 Å². The first-order chi connectivity index (χ1) is 6.24. The Morgan fingerprint density at radius 1 is 1.38 bits per heavy atom. The van der Waals surface area contributed by atoms with E-state index in [-0.39, 0.29) is 6.04 Å². The topological polar surface area (TPSA) is 35.8 Å². The first-order valence-corrected chi connectivity index (χ1v) is 4.41. The second-order valence-corrected chi connectivity index (χ2v) is 3.17. The van der Waals surface area contributed by atoms with Crippen LogP contribution in [-0.2, 0) is 0 Å². The number of hydrogen-bond donors (Lipinski definition) is 1. The summed E-state index contributed by atoms with van der Waals surface area (Å²) in [5, 5.41) is 11.5. The summed E-state index contributed by atoms with van der Waals surface area (Å²) >= 11 is 0. The third-order valence-electron chi connectivity index (χ3n) is 2.06. The van der Waals surface area contributed by atoms with Crippen LogP contribution in [0.5, 0.6) is 0 Å². The standard InChI is InChI=1S/C11H14N2/c1-9-3-5-11(6-4-9)10(2)13-8-7-12/h3-6,10,13H,8H2,1-2H3/t10-/m1/s1. The quantitative estimate of drug-likeness (QED) is 0.713. The molecule has 0 aliphatic carbocycles. The predicted molar refractivity (Wildman–Crippen MR) is 53.2 cm³/mol. The van der Waals surface area contributed by atoms with Gasteiger partial charge in [0.1, 0.15) is 0 Å². The molecule has 0 saturated heterocycles. The average molecular weight is 174 g/mol. The van der Waals surface area contributed by atoms with Crippen LogP contribution in [0, 0.1) is 18.3 Å². The molecule has 68 valence electrons. The lowest BCUT2D eigenvalue weighted by molar-refractivity contribution is 0.621. The summed E-state index contributed by atoms with van der Waals surface area (Å²) in [6, 6.07) is 10.7. The molecule has 2 heteroatoms. The van der Waals surface area contributed by atoms with Crippen molar-refractivity contribution in [3.8, 4) is 6.07 Å². The van der Waals surface area contributed by atoms with E-state index in [1.807, 2.05) is 0 Å². The number of benzene rings is 1. The number of aryl methyl sites for hydroxylation is 1. The van der Waals surface area contributed by atoms with Gasteiger partial charge in [-0.25, -0.2) is 0 Å². The van der Waals surface area contributed by atoms with Crippen molar-refractivity contribution in [2.45, 2.75) is 19.9 Å². The predicted octanol–water partition coefficient (Wildman–Crippen LogP) is 2.17. The molecule has 0 fully saturated rings. The Morgan fingerprint density at radius 3 is 2.54 bits per heavy atom. The van der Waals surface area contributed by atoms with Gasteiger partial charge >= 0.3 is 0 Å². The van der Waals surface area contributed by atoms with E-state index < -0.39 is 0 Å². The van der Waals surface area contributed by atoms with Crippen molar-refractivity contribution in [3.63, 3.8) is 0 Å². The fraction of sp³-hybridized carbons (Fsp3) is 0.364. The van der Waals surface area contributed by atoms with Crippen LogP contribution >= 0.6 is 0 Å². The molecule has 0 aromatic heterocycles. The van der Waals surface area contributed by atoms with Crippen LogP contribution in [0.4, 0.5) is 0 Å². The third kappa shape index (κ3) is 2.89. The molecule has 0 unspecified atom stereocenters. The van der Waals surface area contributed by atoms with Crippen LogP contribution in [0.1, 0.15) is 24.1 Å². The summed E-state index contributed by atoms with van der Waals surface area (Å²) < 4.78 is 0. The van der Waals surface area contributed by atoms with Crippen LogP contribution in [0.15, 0.2) is 24.3 Å². The Balaban J connectivity index is 2.62. The molecule has 1 N–H and O–H groups in total. The minimum atomic E-state index is 0.250.